The quantitative estimate of drug-likeness (QED) is 0.852. The van der Waals surface area contributed by atoms with Crippen LogP contribution in [0.4, 0.5) is 11.4 Å². The molecule has 2 aromatic rings. The molecule has 0 fully saturated rings. The van der Waals surface area contributed by atoms with E-state index in [9.17, 15) is 0 Å². The highest BCUT2D eigenvalue weighted by molar-refractivity contribution is 5.73. The summed E-state index contributed by atoms with van der Waals surface area (Å²) in [6.45, 7) is 2.62. The zero-order chi connectivity index (χ0) is 13.8. The summed E-state index contributed by atoms with van der Waals surface area (Å²) in [5.74, 6) is 0. The van der Waals surface area contributed by atoms with E-state index >= 15 is 0 Å². The van der Waals surface area contributed by atoms with Crippen molar-refractivity contribution < 1.29 is 0 Å². The van der Waals surface area contributed by atoms with E-state index in [4.69, 9.17) is 11.0 Å². The number of nitrogen functional groups attached to an aromatic ring is 1. The Hall–Kier alpha value is -2.54. The molecule has 4 heteroatoms. The average molecular weight is 252 g/mol. The second kappa shape index (κ2) is 5.40. The van der Waals surface area contributed by atoms with E-state index in [1.165, 1.54) is 0 Å². The van der Waals surface area contributed by atoms with Crippen LogP contribution < -0.4 is 10.6 Å². The highest BCUT2D eigenvalue weighted by Crippen LogP contribution is 2.26. The fourth-order valence-electron chi connectivity index (χ4n) is 2.00. The van der Waals surface area contributed by atoms with Gasteiger partial charge in [0.2, 0.25) is 0 Å². The Kier molecular flexibility index (Phi) is 3.67. The van der Waals surface area contributed by atoms with E-state index in [1.807, 2.05) is 49.2 Å². The van der Waals surface area contributed by atoms with Gasteiger partial charge >= 0.3 is 0 Å². The van der Waals surface area contributed by atoms with Gasteiger partial charge in [-0.05, 0) is 31.2 Å². The lowest BCUT2D eigenvalue weighted by Crippen LogP contribution is -2.19. The minimum atomic E-state index is 0.501. The molecule has 1 aromatic carbocycles. The lowest BCUT2D eigenvalue weighted by Gasteiger charge is -2.21. The van der Waals surface area contributed by atoms with Crippen molar-refractivity contribution in [2.24, 2.45) is 0 Å². The van der Waals surface area contributed by atoms with E-state index in [-0.39, 0.29) is 0 Å². The maximum absolute atomic E-state index is 8.99. The van der Waals surface area contributed by atoms with Gasteiger partial charge in [-0.3, -0.25) is 4.98 Å². The molecular weight excluding hydrogens is 236 g/mol. The maximum Gasteiger partial charge on any atom is 0.101 e. The molecule has 0 radical (unpaired) electrons. The number of pyridine rings is 1. The summed E-state index contributed by atoms with van der Waals surface area (Å²) in [7, 11) is 1.94. The number of anilines is 2. The molecule has 0 saturated carbocycles. The molecule has 0 amide bonds. The molecule has 1 heterocycles. The van der Waals surface area contributed by atoms with Gasteiger partial charge in [-0.2, -0.15) is 5.26 Å². The molecule has 0 spiro atoms. The number of aromatic nitrogens is 1. The molecule has 0 bridgehead atoms. The normalized spacial score (nSPS) is 9.95. The lowest BCUT2D eigenvalue weighted by atomic mass is 10.1. The number of benzene rings is 1. The Bertz CT molecular complexity index is 628. The van der Waals surface area contributed by atoms with Crippen LogP contribution in [0.25, 0.3) is 0 Å². The Morgan fingerprint density at radius 3 is 2.68 bits per heavy atom. The molecule has 0 saturated heterocycles. The number of hydrogen-bond acceptors (Lipinski definition) is 4. The van der Waals surface area contributed by atoms with E-state index in [0.717, 1.165) is 17.1 Å². The highest BCUT2D eigenvalue weighted by atomic mass is 15.1. The van der Waals surface area contributed by atoms with Gasteiger partial charge in [-0.25, -0.2) is 0 Å². The zero-order valence-corrected chi connectivity index (χ0v) is 11.1. The third-order valence-electron chi connectivity index (χ3n) is 2.96. The summed E-state index contributed by atoms with van der Waals surface area (Å²) >= 11 is 0. The topological polar surface area (TPSA) is 65.9 Å². The van der Waals surface area contributed by atoms with Crippen LogP contribution >= 0.6 is 0 Å². The summed E-state index contributed by atoms with van der Waals surface area (Å²) in [6, 6.07) is 13.5. The first kappa shape index (κ1) is 12.9. The van der Waals surface area contributed by atoms with E-state index < -0.39 is 0 Å². The summed E-state index contributed by atoms with van der Waals surface area (Å²) in [6.07, 6.45) is 0. The number of nitrogens with two attached hydrogens (primary N) is 1. The third-order valence-corrected chi connectivity index (χ3v) is 2.96. The van der Waals surface area contributed by atoms with Gasteiger partial charge < -0.3 is 10.6 Å². The molecule has 0 atom stereocenters. The minimum absolute atomic E-state index is 0.501. The van der Waals surface area contributed by atoms with Gasteiger partial charge in [0, 0.05) is 12.7 Å². The summed E-state index contributed by atoms with van der Waals surface area (Å²) in [5, 5.41) is 8.99. The summed E-state index contributed by atoms with van der Waals surface area (Å²) in [4.78, 5) is 6.46. The minimum Gasteiger partial charge on any atom is -0.396 e. The van der Waals surface area contributed by atoms with Crippen LogP contribution in [0.5, 0.6) is 0 Å². The van der Waals surface area contributed by atoms with Crippen molar-refractivity contribution in [3.8, 4) is 6.07 Å². The first-order chi connectivity index (χ1) is 9.11. The Labute approximate surface area is 113 Å². The fourth-order valence-corrected chi connectivity index (χ4v) is 2.00. The van der Waals surface area contributed by atoms with Crippen molar-refractivity contribution in [2.45, 2.75) is 13.5 Å². The van der Waals surface area contributed by atoms with Crippen molar-refractivity contribution in [1.29, 1.82) is 5.26 Å². The first-order valence-corrected chi connectivity index (χ1v) is 6.04. The van der Waals surface area contributed by atoms with Crippen LogP contribution in [-0.2, 0) is 6.54 Å². The molecular formula is C15H16N4. The smallest absolute Gasteiger partial charge is 0.101 e. The molecule has 0 aliphatic heterocycles. The molecule has 0 aliphatic carbocycles. The average Bonchev–Trinajstić information content (AvgIpc) is 2.39. The van der Waals surface area contributed by atoms with E-state index in [0.29, 0.717) is 17.8 Å². The fraction of sp³-hybridized carbons (Fsp3) is 0.200. The Morgan fingerprint density at radius 2 is 2.00 bits per heavy atom. The monoisotopic (exact) mass is 252 g/mol. The van der Waals surface area contributed by atoms with Crippen LogP contribution in [0.15, 0.2) is 36.4 Å². The van der Waals surface area contributed by atoms with Crippen LogP contribution in [0.3, 0.4) is 0 Å². The summed E-state index contributed by atoms with van der Waals surface area (Å²) < 4.78 is 0. The van der Waals surface area contributed by atoms with Gasteiger partial charge in [-0.15, -0.1) is 0 Å². The number of rotatable bonds is 3. The predicted molar refractivity (Wildman–Crippen MR) is 76.7 cm³/mol. The third kappa shape index (κ3) is 2.83. The molecule has 1 aromatic heterocycles. The SMILES string of the molecule is Cc1cccc(CN(C)c2cccc(C#N)c2N)n1. The molecule has 96 valence electrons. The Balaban J connectivity index is 2.26. The largest absolute Gasteiger partial charge is 0.396 e. The maximum atomic E-state index is 8.99. The lowest BCUT2D eigenvalue weighted by molar-refractivity contribution is 0.878. The van der Waals surface area contributed by atoms with Gasteiger partial charge in [-0.1, -0.05) is 12.1 Å². The molecule has 0 aliphatic rings. The van der Waals surface area contributed by atoms with Gasteiger partial charge in [0.1, 0.15) is 6.07 Å². The summed E-state index contributed by atoms with van der Waals surface area (Å²) in [5.41, 5.74) is 9.83. The van der Waals surface area contributed by atoms with E-state index in [2.05, 4.69) is 11.1 Å². The van der Waals surface area contributed by atoms with Crippen LogP contribution in [0.2, 0.25) is 0 Å². The zero-order valence-electron chi connectivity index (χ0n) is 11.1. The number of hydrogen-bond donors (Lipinski definition) is 1. The first-order valence-electron chi connectivity index (χ1n) is 6.04. The van der Waals surface area contributed by atoms with Gasteiger partial charge in [0.05, 0.1) is 29.2 Å². The second-order valence-corrected chi connectivity index (χ2v) is 4.48. The van der Waals surface area contributed by atoms with Gasteiger partial charge in [0.15, 0.2) is 0 Å². The highest BCUT2D eigenvalue weighted by Gasteiger charge is 2.09. The van der Waals surface area contributed by atoms with Crippen LogP contribution in [0.1, 0.15) is 17.0 Å². The second-order valence-electron chi connectivity index (χ2n) is 4.48. The number of nitrogens with zero attached hydrogens (tertiary/aromatic N) is 3. The predicted octanol–water partition coefficient (Wildman–Crippen LogP) is 2.48. The molecule has 0 unspecified atom stereocenters. The number of para-hydroxylation sites is 1. The number of aryl methyl sites for hydroxylation is 1. The van der Waals surface area contributed by atoms with Crippen molar-refractivity contribution in [3.05, 3.63) is 53.3 Å². The molecule has 4 nitrogen and oxygen atoms in total. The molecule has 19 heavy (non-hydrogen) atoms. The van der Waals surface area contributed by atoms with Crippen LogP contribution in [-0.4, -0.2) is 12.0 Å². The number of nitriles is 1. The molecule has 2 rings (SSSR count). The van der Waals surface area contributed by atoms with Crippen molar-refractivity contribution in [1.82, 2.24) is 4.98 Å². The molecule has 2 N–H and O–H groups in total. The van der Waals surface area contributed by atoms with Crippen molar-refractivity contribution >= 4 is 11.4 Å². The van der Waals surface area contributed by atoms with Crippen molar-refractivity contribution in [2.75, 3.05) is 17.7 Å². The van der Waals surface area contributed by atoms with Crippen LogP contribution in [0, 0.1) is 18.3 Å². The Morgan fingerprint density at radius 1 is 1.26 bits per heavy atom. The standard InChI is InChI=1S/C15H16N4/c1-11-5-3-7-13(18-11)10-19(2)14-8-4-6-12(9-16)15(14)17/h3-8H,10,17H2,1-2H3. The van der Waals surface area contributed by atoms with Gasteiger partial charge in [0.25, 0.3) is 0 Å². The van der Waals surface area contributed by atoms with E-state index in [1.54, 1.807) is 6.07 Å². The van der Waals surface area contributed by atoms with Crippen molar-refractivity contribution in [3.63, 3.8) is 0 Å².